The van der Waals surface area contributed by atoms with E-state index < -0.39 is 0 Å². The van der Waals surface area contributed by atoms with E-state index in [2.05, 4.69) is 12.2 Å². The van der Waals surface area contributed by atoms with Crippen molar-refractivity contribution in [1.29, 1.82) is 0 Å². The van der Waals surface area contributed by atoms with E-state index in [9.17, 15) is 9.90 Å². The first kappa shape index (κ1) is 14.6. The fraction of sp³-hybridized carbons (Fsp3) is 0.533. The third kappa shape index (κ3) is 4.06. The standard InChI is InChI=1S/C15H23NO2/c1-4-6-7-12(5-2)15(18)16-13-9-8-11(3)14(17)10-13/h8-10,12,17H,4-7H2,1-3H3,(H,16,18)/t12-/m0/s1. The molecular weight excluding hydrogens is 226 g/mol. The fourth-order valence-electron chi connectivity index (χ4n) is 1.90. The van der Waals surface area contributed by atoms with Crippen molar-refractivity contribution in [2.45, 2.75) is 46.5 Å². The summed E-state index contributed by atoms with van der Waals surface area (Å²) in [5, 5.41) is 12.5. The number of anilines is 1. The minimum atomic E-state index is 0.0502. The lowest BCUT2D eigenvalue weighted by Gasteiger charge is -2.15. The van der Waals surface area contributed by atoms with Crippen LogP contribution in [0.15, 0.2) is 18.2 Å². The van der Waals surface area contributed by atoms with E-state index in [0.717, 1.165) is 31.2 Å². The van der Waals surface area contributed by atoms with E-state index in [-0.39, 0.29) is 17.6 Å². The van der Waals surface area contributed by atoms with Crippen molar-refractivity contribution >= 4 is 11.6 Å². The number of aromatic hydroxyl groups is 1. The molecule has 1 amide bonds. The van der Waals surface area contributed by atoms with Gasteiger partial charge < -0.3 is 10.4 Å². The van der Waals surface area contributed by atoms with Crippen molar-refractivity contribution in [3.05, 3.63) is 23.8 Å². The number of hydrogen-bond donors (Lipinski definition) is 2. The average Bonchev–Trinajstić information content (AvgIpc) is 2.35. The third-order valence-electron chi connectivity index (χ3n) is 3.25. The molecule has 0 aromatic heterocycles. The second kappa shape index (κ2) is 7.04. The van der Waals surface area contributed by atoms with Gasteiger partial charge in [0.05, 0.1) is 0 Å². The first-order valence-electron chi connectivity index (χ1n) is 6.69. The molecule has 0 heterocycles. The number of amides is 1. The molecule has 0 aliphatic carbocycles. The van der Waals surface area contributed by atoms with Gasteiger partial charge in [0.15, 0.2) is 0 Å². The molecule has 0 saturated heterocycles. The summed E-state index contributed by atoms with van der Waals surface area (Å²) < 4.78 is 0. The molecule has 1 aromatic rings. The summed E-state index contributed by atoms with van der Waals surface area (Å²) in [6.07, 6.45) is 3.96. The van der Waals surface area contributed by atoms with E-state index in [1.807, 2.05) is 19.9 Å². The van der Waals surface area contributed by atoms with Gasteiger partial charge in [-0.2, -0.15) is 0 Å². The van der Waals surface area contributed by atoms with E-state index in [4.69, 9.17) is 0 Å². The van der Waals surface area contributed by atoms with E-state index >= 15 is 0 Å². The molecule has 0 radical (unpaired) electrons. The van der Waals surface area contributed by atoms with Crippen LogP contribution in [0.2, 0.25) is 0 Å². The number of unbranched alkanes of at least 4 members (excludes halogenated alkanes) is 1. The highest BCUT2D eigenvalue weighted by atomic mass is 16.3. The zero-order valence-electron chi connectivity index (χ0n) is 11.5. The van der Waals surface area contributed by atoms with Gasteiger partial charge in [0.2, 0.25) is 5.91 Å². The summed E-state index contributed by atoms with van der Waals surface area (Å²) in [4.78, 5) is 12.1. The SMILES string of the molecule is CCCC[C@H](CC)C(=O)Nc1ccc(C)c(O)c1. The number of rotatable bonds is 6. The first-order valence-corrected chi connectivity index (χ1v) is 6.69. The van der Waals surface area contributed by atoms with Crippen molar-refractivity contribution in [3.8, 4) is 5.75 Å². The van der Waals surface area contributed by atoms with E-state index in [1.54, 1.807) is 12.1 Å². The van der Waals surface area contributed by atoms with Crippen LogP contribution >= 0.6 is 0 Å². The Bertz CT molecular complexity index is 401. The van der Waals surface area contributed by atoms with Gasteiger partial charge in [-0.25, -0.2) is 0 Å². The van der Waals surface area contributed by atoms with Crippen LogP contribution in [-0.4, -0.2) is 11.0 Å². The minimum absolute atomic E-state index is 0.0502. The largest absolute Gasteiger partial charge is 0.508 e. The summed E-state index contributed by atoms with van der Waals surface area (Å²) in [5.41, 5.74) is 1.48. The number of carbonyl (C=O) groups is 1. The lowest BCUT2D eigenvalue weighted by Crippen LogP contribution is -2.22. The van der Waals surface area contributed by atoms with Crippen LogP contribution in [0.5, 0.6) is 5.75 Å². The van der Waals surface area contributed by atoms with Crippen molar-refractivity contribution in [2.24, 2.45) is 5.92 Å². The van der Waals surface area contributed by atoms with E-state index in [0.29, 0.717) is 5.69 Å². The maximum atomic E-state index is 12.1. The van der Waals surface area contributed by atoms with Crippen LogP contribution in [0.1, 0.15) is 45.1 Å². The molecule has 0 bridgehead atoms. The molecule has 1 atom stereocenters. The van der Waals surface area contributed by atoms with Crippen LogP contribution in [0.25, 0.3) is 0 Å². The lowest BCUT2D eigenvalue weighted by molar-refractivity contribution is -0.120. The van der Waals surface area contributed by atoms with E-state index in [1.165, 1.54) is 0 Å². The van der Waals surface area contributed by atoms with Crippen LogP contribution in [0.3, 0.4) is 0 Å². The second-order valence-corrected chi connectivity index (χ2v) is 4.74. The molecule has 0 spiro atoms. The van der Waals surface area contributed by atoms with Crippen LogP contribution in [0.4, 0.5) is 5.69 Å². The highest BCUT2D eigenvalue weighted by Crippen LogP contribution is 2.22. The Hall–Kier alpha value is -1.51. The van der Waals surface area contributed by atoms with Gasteiger partial charge in [-0.05, 0) is 31.4 Å². The molecule has 3 nitrogen and oxygen atoms in total. The smallest absolute Gasteiger partial charge is 0.227 e. The number of benzene rings is 1. The van der Waals surface area contributed by atoms with Gasteiger partial charge in [0.25, 0.3) is 0 Å². The molecule has 0 aliphatic rings. The first-order chi connectivity index (χ1) is 8.58. The number of hydrogen-bond acceptors (Lipinski definition) is 2. The molecule has 0 saturated carbocycles. The van der Waals surface area contributed by atoms with Crippen molar-refractivity contribution in [2.75, 3.05) is 5.32 Å². The molecule has 0 fully saturated rings. The fourth-order valence-corrected chi connectivity index (χ4v) is 1.90. The third-order valence-corrected chi connectivity index (χ3v) is 3.25. The predicted molar refractivity (Wildman–Crippen MR) is 74.8 cm³/mol. The monoisotopic (exact) mass is 249 g/mol. The topological polar surface area (TPSA) is 49.3 Å². The summed E-state index contributed by atoms with van der Waals surface area (Å²) >= 11 is 0. The zero-order valence-corrected chi connectivity index (χ0v) is 11.5. The molecule has 18 heavy (non-hydrogen) atoms. The van der Waals surface area contributed by atoms with Crippen molar-refractivity contribution in [3.63, 3.8) is 0 Å². The predicted octanol–water partition coefficient (Wildman–Crippen LogP) is 3.86. The highest BCUT2D eigenvalue weighted by Gasteiger charge is 2.16. The number of phenols is 1. The Morgan fingerprint density at radius 3 is 2.67 bits per heavy atom. The van der Waals surface area contributed by atoms with Gasteiger partial charge in [0, 0.05) is 17.7 Å². The van der Waals surface area contributed by atoms with Crippen LogP contribution in [-0.2, 0) is 4.79 Å². The maximum Gasteiger partial charge on any atom is 0.227 e. The Morgan fingerprint density at radius 1 is 1.39 bits per heavy atom. The minimum Gasteiger partial charge on any atom is -0.508 e. The van der Waals surface area contributed by atoms with Gasteiger partial charge in [-0.3, -0.25) is 4.79 Å². The molecule has 0 aliphatic heterocycles. The van der Waals surface area contributed by atoms with Gasteiger partial charge in [0.1, 0.15) is 5.75 Å². The van der Waals surface area contributed by atoms with Crippen molar-refractivity contribution in [1.82, 2.24) is 0 Å². The quantitative estimate of drug-likeness (QED) is 0.804. The Morgan fingerprint density at radius 2 is 2.11 bits per heavy atom. The zero-order chi connectivity index (χ0) is 13.5. The second-order valence-electron chi connectivity index (χ2n) is 4.74. The number of carbonyl (C=O) groups excluding carboxylic acids is 1. The maximum absolute atomic E-state index is 12.1. The molecule has 0 unspecified atom stereocenters. The molecule has 1 rings (SSSR count). The lowest BCUT2D eigenvalue weighted by atomic mass is 9.98. The number of aryl methyl sites for hydroxylation is 1. The average molecular weight is 249 g/mol. The van der Waals surface area contributed by atoms with Crippen LogP contribution in [0, 0.1) is 12.8 Å². The Balaban J connectivity index is 2.64. The van der Waals surface area contributed by atoms with Gasteiger partial charge in [-0.1, -0.05) is 32.8 Å². The molecule has 2 N–H and O–H groups in total. The van der Waals surface area contributed by atoms with Crippen LogP contribution < -0.4 is 5.32 Å². The highest BCUT2D eigenvalue weighted by molar-refractivity contribution is 5.92. The number of nitrogens with one attached hydrogen (secondary N) is 1. The van der Waals surface area contributed by atoms with Crippen molar-refractivity contribution < 1.29 is 9.90 Å². The normalized spacial score (nSPS) is 12.2. The molecule has 1 aromatic carbocycles. The summed E-state index contributed by atoms with van der Waals surface area (Å²) in [5.74, 6) is 0.331. The summed E-state index contributed by atoms with van der Waals surface area (Å²) in [6.45, 7) is 5.99. The Kier molecular flexibility index (Phi) is 5.69. The molecule has 100 valence electrons. The molecular formula is C15H23NO2. The number of phenolic OH excluding ortho intramolecular Hbond substituents is 1. The van der Waals surface area contributed by atoms with Gasteiger partial charge >= 0.3 is 0 Å². The van der Waals surface area contributed by atoms with Gasteiger partial charge in [-0.15, -0.1) is 0 Å². The summed E-state index contributed by atoms with van der Waals surface area (Å²) in [7, 11) is 0. The Labute approximate surface area is 109 Å². The summed E-state index contributed by atoms with van der Waals surface area (Å²) in [6, 6.07) is 5.22. The molecule has 3 heteroatoms.